The van der Waals surface area contributed by atoms with E-state index in [0.29, 0.717) is 11.1 Å². The number of carbonyl (C=O) groups excluding carboxylic acids is 2. The number of nitro groups is 1. The van der Waals surface area contributed by atoms with Gasteiger partial charge in [-0.15, -0.1) is 8.78 Å². The molecule has 0 spiro atoms. The standard InChI is InChI=1S/C27H24F2N4O9/c1-5-12-13-9-32-17(21(13)30-16-8-18-23(42-27(28,29)40-18)22(20(12)16)33(37)38)7-15-14(24(32)35)11-39-25(36)26(15,6-2)41-19(34)10-31(3)4/h7-8H,5-6,9-11H2,1-4H3. The number of esters is 2. The number of carbonyl (C=O) groups is 2. The molecule has 1 aromatic carbocycles. The van der Waals surface area contributed by atoms with E-state index in [-0.39, 0.29) is 66.0 Å². The zero-order chi connectivity index (χ0) is 30.3. The van der Waals surface area contributed by atoms with Crippen LogP contribution in [-0.2, 0) is 44.2 Å². The molecule has 1 atom stereocenters. The van der Waals surface area contributed by atoms with Gasteiger partial charge in [0.15, 0.2) is 5.75 Å². The lowest BCUT2D eigenvalue weighted by Crippen LogP contribution is -2.48. The van der Waals surface area contributed by atoms with Crippen LogP contribution in [0.25, 0.3) is 22.3 Å². The first-order valence-electron chi connectivity index (χ1n) is 13.1. The van der Waals surface area contributed by atoms with Crippen LogP contribution in [0.4, 0.5) is 14.5 Å². The lowest BCUT2D eigenvalue weighted by Gasteiger charge is -2.35. The molecule has 15 heteroatoms. The fourth-order valence-electron chi connectivity index (χ4n) is 5.92. The quantitative estimate of drug-likeness (QED) is 0.186. The van der Waals surface area contributed by atoms with Crippen LogP contribution >= 0.6 is 0 Å². The van der Waals surface area contributed by atoms with Crippen LogP contribution in [-0.4, -0.2) is 58.2 Å². The Morgan fingerprint density at radius 1 is 1.21 bits per heavy atom. The van der Waals surface area contributed by atoms with E-state index in [2.05, 4.69) is 14.5 Å². The van der Waals surface area contributed by atoms with Gasteiger partial charge in [0.25, 0.3) is 11.3 Å². The van der Waals surface area contributed by atoms with Crippen LogP contribution in [0.2, 0.25) is 0 Å². The maximum atomic E-state index is 13.9. The van der Waals surface area contributed by atoms with Crippen molar-refractivity contribution in [3.63, 3.8) is 0 Å². The van der Waals surface area contributed by atoms with Gasteiger partial charge in [0, 0.05) is 17.2 Å². The van der Waals surface area contributed by atoms with Gasteiger partial charge in [-0.25, -0.2) is 9.78 Å². The van der Waals surface area contributed by atoms with Crippen molar-refractivity contribution in [3.8, 4) is 22.9 Å². The van der Waals surface area contributed by atoms with Crippen molar-refractivity contribution in [3.05, 3.63) is 54.9 Å². The van der Waals surface area contributed by atoms with Crippen molar-refractivity contribution in [1.82, 2.24) is 14.5 Å². The van der Waals surface area contributed by atoms with Gasteiger partial charge < -0.3 is 23.5 Å². The summed E-state index contributed by atoms with van der Waals surface area (Å²) < 4.78 is 49.3. The number of hydrogen-bond donors (Lipinski definition) is 0. The number of nitrogens with zero attached hydrogens (tertiary/aromatic N) is 4. The van der Waals surface area contributed by atoms with Crippen molar-refractivity contribution in [1.29, 1.82) is 0 Å². The molecule has 5 heterocycles. The van der Waals surface area contributed by atoms with Crippen molar-refractivity contribution in [2.75, 3.05) is 20.6 Å². The SMILES string of the molecule is CCc1c2c(nc3cc4c(c([N+](=O)[O-])c13)OC(F)(F)O4)-c1cc3c(c(=O)n1C2)COC(=O)C3(CC)OC(=O)CN(C)C. The van der Waals surface area contributed by atoms with Crippen LogP contribution < -0.4 is 15.0 Å². The van der Waals surface area contributed by atoms with Gasteiger partial charge in [-0.3, -0.25) is 24.6 Å². The fraction of sp³-hybridized carbons (Fsp3) is 0.407. The van der Waals surface area contributed by atoms with Crippen LogP contribution in [0.3, 0.4) is 0 Å². The highest BCUT2D eigenvalue weighted by Crippen LogP contribution is 2.52. The molecule has 3 aliphatic heterocycles. The number of likely N-dealkylation sites (N-methyl/N-ethyl adjacent to an activating group) is 1. The first-order valence-corrected chi connectivity index (χ1v) is 13.1. The van der Waals surface area contributed by atoms with Gasteiger partial charge in [-0.2, -0.15) is 0 Å². The largest absolute Gasteiger partial charge is 0.586 e. The summed E-state index contributed by atoms with van der Waals surface area (Å²) in [5.74, 6) is -2.78. The predicted octanol–water partition coefficient (Wildman–Crippen LogP) is 2.98. The molecule has 0 N–H and O–H groups in total. The molecule has 42 heavy (non-hydrogen) atoms. The lowest BCUT2D eigenvalue weighted by atomic mass is 9.85. The van der Waals surface area contributed by atoms with Gasteiger partial charge in [0.1, 0.15) is 6.61 Å². The number of fused-ring (bicyclic) bond motifs is 6. The minimum Gasteiger partial charge on any atom is -0.457 e. The third-order valence-corrected chi connectivity index (χ3v) is 7.67. The highest BCUT2D eigenvalue weighted by molar-refractivity contribution is 5.99. The zero-order valence-corrected chi connectivity index (χ0v) is 22.9. The molecule has 2 aromatic heterocycles. The monoisotopic (exact) mass is 586 g/mol. The molecule has 0 fully saturated rings. The first kappa shape index (κ1) is 27.5. The summed E-state index contributed by atoms with van der Waals surface area (Å²) in [4.78, 5) is 57.1. The Morgan fingerprint density at radius 2 is 1.95 bits per heavy atom. The average Bonchev–Trinajstić information content (AvgIpc) is 3.42. The number of nitro benzene ring substituents is 1. The Morgan fingerprint density at radius 3 is 2.60 bits per heavy atom. The number of pyridine rings is 2. The molecule has 0 bridgehead atoms. The number of halogens is 2. The second kappa shape index (κ2) is 9.17. The number of aryl methyl sites for hydroxylation is 1. The second-order valence-electron chi connectivity index (χ2n) is 10.4. The Labute approximate surface area is 235 Å². The predicted molar refractivity (Wildman–Crippen MR) is 139 cm³/mol. The summed E-state index contributed by atoms with van der Waals surface area (Å²) in [5, 5.41) is 12.1. The number of benzene rings is 1. The van der Waals surface area contributed by atoms with E-state index in [1.54, 1.807) is 38.9 Å². The molecular formula is C27H24F2N4O9. The van der Waals surface area contributed by atoms with Crippen LogP contribution in [0.15, 0.2) is 16.9 Å². The van der Waals surface area contributed by atoms with Gasteiger partial charge in [0.2, 0.25) is 5.60 Å². The Hall–Kier alpha value is -4.66. The van der Waals surface area contributed by atoms with E-state index in [9.17, 15) is 33.3 Å². The maximum Gasteiger partial charge on any atom is 0.586 e. The summed E-state index contributed by atoms with van der Waals surface area (Å²) in [6.07, 6.45) is -3.90. The molecule has 0 saturated heterocycles. The number of hydrogen-bond acceptors (Lipinski definition) is 11. The number of alkyl halides is 2. The van der Waals surface area contributed by atoms with E-state index in [0.717, 1.165) is 6.07 Å². The first-order chi connectivity index (χ1) is 19.8. The normalized spacial score (nSPS) is 19.4. The molecule has 13 nitrogen and oxygen atoms in total. The summed E-state index contributed by atoms with van der Waals surface area (Å²) in [7, 11) is 3.31. The van der Waals surface area contributed by atoms with E-state index < -0.39 is 51.5 Å². The zero-order valence-electron chi connectivity index (χ0n) is 22.9. The highest BCUT2D eigenvalue weighted by Gasteiger charge is 2.51. The molecule has 3 aromatic rings. The third kappa shape index (κ3) is 3.83. The maximum absolute atomic E-state index is 13.9. The summed E-state index contributed by atoms with van der Waals surface area (Å²) in [5.41, 5.74) is -1.43. The minimum atomic E-state index is -4.10. The number of rotatable bonds is 6. The topological polar surface area (TPSA) is 152 Å². The van der Waals surface area contributed by atoms with Gasteiger partial charge >= 0.3 is 23.9 Å². The van der Waals surface area contributed by atoms with Crippen LogP contribution in [0.5, 0.6) is 11.5 Å². The van der Waals surface area contributed by atoms with E-state index >= 15 is 0 Å². The summed E-state index contributed by atoms with van der Waals surface area (Å²) in [6.45, 7) is 2.86. The summed E-state index contributed by atoms with van der Waals surface area (Å²) in [6, 6.07) is 2.68. The average molecular weight is 587 g/mol. The van der Waals surface area contributed by atoms with Crippen molar-refractivity contribution < 1.29 is 42.2 Å². The van der Waals surface area contributed by atoms with Crippen LogP contribution in [0.1, 0.15) is 42.5 Å². The highest BCUT2D eigenvalue weighted by atomic mass is 19.3. The van der Waals surface area contributed by atoms with Gasteiger partial charge in [0.05, 0.1) is 45.9 Å². The molecule has 1 unspecified atom stereocenters. The van der Waals surface area contributed by atoms with Gasteiger partial charge in [-0.1, -0.05) is 13.8 Å². The van der Waals surface area contributed by atoms with Gasteiger partial charge in [-0.05, 0) is 38.6 Å². The van der Waals surface area contributed by atoms with Crippen molar-refractivity contribution in [2.45, 2.75) is 51.7 Å². The van der Waals surface area contributed by atoms with Crippen molar-refractivity contribution >= 4 is 28.5 Å². The second-order valence-corrected chi connectivity index (χ2v) is 10.4. The molecular weight excluding hydrogens is 562 g/mol. The minimum absolute atomic E-state index is 0.00838. The molecule has 0 saturated carbocycles. The molecule has 0 aliphatic carbocycles. The molecule has 0 amide bonds. The third-order valence-electron chi connectivity index (χ3n) is 7.67. The fourth-order valence-corrected chi connectivity index (χ4v) is 5.92. The van der Waals surface area contributed by atoms with Crippen LogP contribution in [0, 0.1) is 10.1 Å². The Balaban J connectivity index is 1.61. The van der Waals surface area contributed by atoms with Crippen molar-refractivity contribution in [2.24, 2.45) is 0 Å². The molecule has 3 aliphatic rings. The molecule has 6 rings (SSSR count). The molecule has 0 radical (unpaired) electrons. The molecule has 220 valence electrons. The van der Waals surface area contributed by atoms with E-state index in [1.807, 2.05) is 0 Å². The Kier molecular flexibility index (Phi) is 6.01. The van der Waals surface area contributed by atoms with E-state index in [1.165, 1.54) is 4.57 Å². The number of ether oxygens (including phenoxy) is 4. The summed E-state index contributed by atoms with van der Waals surface area (Å²) >= 11 is 0. The smallest absolute Gasteiger partial charge is 0.457 e. The van der Waals surface area contributed by atoms with E-state index in [4.69, 9.17) is 9.47 Å². The lowest BCUT2D eigenvalue weighted by molar-refractivity contribution is -0.385. The Bertz CT molecular complexity index is 1800. The number of cyclic esters (lactones) is 1. The number of aromatic nitrogens is 2.